The van der Waals surface area contributed by atoms with Crippen LogP contribution in [0.2, 0.25) is 0 Å². The van der Waals surface area contributed by atoms with Crippen molar-refractivity contribution in [3.05, 3.63) is 69.7 Å². The minimum Gasteiger partial charge on any atom is -0.351 e. The average molecular weight is 416 g/mol. The molecule has 0 spiro atoms. The summed E-state index contributed by atoms with van der Waals surface area (Å²) in [7, 11) is 0. The van der Waals surface area contributed by atoms with Crippen LogP contribution in [-0.2, 0) is 4.79 Å². The minimum absolute atomic E-state index is 0.153. The summed E-state index contributed by atoms with van der Waals surface area (Å²) in [6, 6.07) is 15.2. The van der Waals surface area contributed by atoms with Crippen LogP contribution in [0.25, 0.3) is 0 Å². The third-order valence-corrected chi connectivity index (χ3v) is 4.45. The number of nitrogens with one attached hydrogen (secondary N) is 2. The van der Waals surface area contributed by atoms with E-state index in [0.717, 1.165) is 10.0 Å². The fourth-order valence-corrected chi connectivity index (χ4v) is 2.70. The second-order valence-electron chi connectivity index (χ2n) is 6.10. The SMILES string of the molecule is CC(C)c1ccc(C=NNC(=O)CCNC(=O)c2ccccc2Br)cc1. The Morgan fingerprint density at radius 2 is 1.81 bits per heavy atom. The summed E-state index contributed by atoms with van der Waals surface area (Å²) >= 11 is 3.33. The predicted molar refractivity (Wildman–Crippen MR) is 107 cm³/mol. The van der Waals surface area contributed by atoms with Gasteiger partial charge in [-0.15, -0.1) is 0 Å². The molecule has 2 aromatic carbocycles. The van der Waals surface area contributed by atoms with Gasteiger partial charge in [-0.1, -0.05) is 50.2 Å². The van der Waals surface area contributed by atoms with Crippen molar-refractivity contribution in [2.45, 2.75) is 26.2 Å². The third-order valence-electron chi connectivity index (χ3n) is 3.76. The van der Waals surface area contributed by atoms with Gasteiger partial charge in [0, 0.05) is 17.4 Å². The van der Waals surface area contributed by atoms with E-state index in [9.17, 15) is 9.59 Å². The highest BCUT2D eigenvalue weighted by Crippen LogP contribution is 2.15. The van der Waals surface area contributed by atoms with Crippen LogP contribution in [0.5, 0.6) is 0 Å². The molecule has 2 rings (SSSR count). The normalized spacial score (nSPS) is 10.9. The first-order chi connectivity index (χ1) is 12.5. The first-order valence-electron chi connectivity index (χ1n) is 8.42. The number of benzene rings is 2. The highest BCUT2D eigenvalue weighted by Gasteiger charge is 2.09. The Kier molecular flexibility index (Phi) is 7.53. The molecule has 5 nitrogen and oxygen atoms in total. The zero-order chi connectivity index (χ0) is 18.9. The van der Waals surface area contributed by atoms with Gasteiger partial charge in [-0.3, -0.25) is 9.59 Å². The van der Waals surface area contributed by atoms with Crippen LogP contribution in [0.1, 0.15) is 47.7 Å². The molecule has 2 aromatic rings. The Labute approximate surface area is 162 Å². The van der Waals surface area contributed by atoms with E-state index < -0.39 is 0 Å². The van der Waals surface area contributed by atoms with Crippen LogP contribution >= 0.6 is 15.9 Å². The molecule has 2 N–H and O–H groups in total. The summed E-state index contributed by atoms with van der Waals surface area (Å²) in [5.74, 6) is -0.00101. The average Bonchev–Trinajstić information content (AvgIpc) is 2.62. The molecule has 0 bridgehead atoms. The molecule has 0 aromatic heterocycles. The summed E-state index contributed by atoms with van der Waals surface area (Å²) in [5.41, 5.74) is 5.17. The lowest BCUT2D eigenvalue weighted by Crippen LogP contribution is -2.29. The summed E-state index contributed by atoms with van der Waals surface area (Å²) in [4.78, 5) is 23.8. The topological polar surface area (TPSA) is 70.6 Å². The van der Waals surface area contributed by atoms with Crippen molar-refractivity contribution in [1.82, 2.24) is 10.7 Å². The second-order valence-corrected chi connectivity index (χ2v) is 6.95. The number of carbonyl (C=O) groups excluding carboxylic acids is 2. The number of hydrazone groups is 1. The smallest absolute Gasteiger partial charge is 0.252 e. The highest BCUT2D eigenvalue weighted by atomic mass is 79.9. The molecule has 0 heterocycles. The van der Waals surface area contributed by atoms with Crippen molar-refractivity contribution in [3.8, 4) is 0 Å². The molecule has 0 fully saturated rings. The number of carbonyl (C=O) groups is 2. The van der Waals surface area contributed by atoms with Gasteiger partial charge >= 0.3 is 0 Å². The van der Waals surface area contributed by atoms with Crippen LogP contribution in [0.15, 0.2) is 58.1 Å². The molecule has 26 heavy (non-hydrogen) atoms. The van der Waals surface area contributed by atoms with Crippen LogP contribution < -0.4 is 10.7 Å². The van der Waals surface area contributed by atoms with Gasteiger partial charge in [-0.2, -0.15) is 5.10 Å². The molecular formula is C20H22BrN3O2. The third kappa shape index (κ3) is 6.11. The first-order valence-corrected chi connectivity index (χ1v) is 9.21. The van der Waals surface area contributed by atoms with Crippen LogP contribution in [0, 0.1) is 0 Å². The zero-order valence-electron chi connectivity index (χ0n) is 14.8. The van der Waals surface area contributed by atoms with E-state index in [0.29, 0.717) is 11.5 Å². The fraction of sp³-hybridized carbons (Fsp3) is 0.250. The lowest BCUT2D eigenvalue weighted by Gasteiger charge is -2.06. The van der Waals surface area contributed by atoms with Crippen molar-refractivity contribution < 1.29 is 9.59 Å². The summed E-state index contributed by atoms with van der Waals surface area (Å²) < 4.78 is 0.718. The Morgan fingerprint density at radius 3 is 2.46 bits per heavy atom. The Balaban J connectivity index is 1.73. The first kappa shape index (κ1) is 19.8. The van der Waals surface area contributed by atoms with E-state index in [2.05, 4.69) is 45.6 Å². The molecule has 0 aliphatic carbocycles. The van der Waals surface area contributed by atoms with Gasteiger partial charge in [0.1, 0.15) is 0 Å². The van der Waals surface area contributed by atoms with Crippen molar-refractivity contribution in [1.29, 1.82) is 0 Å². The maximum atomic E-state index is 12.0. The number of halogens is 1. The minimum atomic E-state index is -0.257. The Morgan fingerprint density at radius 1 is 1.12 bits per heavy atom. The standard InChI is InChI=1S/C20H22BrN3O2/c1-14(2)16-9-7-15(8-10-16)13-23-24-19(25)11-12-22-20(26)17-5-3-4-6-18(17)21/h3-10,13-14H,11-12H2,1-2H3,(H,22,26)(H,24,25). The predicted octanol–water partition coefficient (Wildman–Crippen LogP) is 3.84. The van der Waals surface area contributed by atoms with Crippen LogP contribution in [0.4, 0.5) is 0 Å². The van der Waals surface area contributed by atoms with Crippen LogP contribution in [-0.4, -0.2) is 24.6 Å². The van der Waals surface area contributed by atoms with Crippen LogP contribution in [0.3, 0.4) is 0 Å². The molecule has 0 aliphatic rings. The molecule has 136 valence electrons. The van der Waals surface area contributed by atoms with E-state index in [1.807, 2.05) is 30.3 Å². The van der Waals surface area contributed by atoms with E-state index in [1.54, 1.807) is 24.4 Å². The van der Waals surface area contributed by atoms with E-state index in [1.165, 1.54) is 5.56 Å². The van der Waals surface area contributed by atoms with E-state index in [4.69, 9.17) is 0 Å². The second kappa shape index (κ2) is 9.87. The van der Waals surface area contributed by atoms with Gasteiger partial charge in [0.15, 0.2) is 0 Å². The molecule has 0 atom stereocenters. The monoisotopic (exact) mass is 415 g/mol. The maximum Gasteiger partial charge on any atom is 0.252 e. The molecule has 0 unspecified atom stereocenters. The number of rotatable bonds is 7. The number of nitrogens with zero attached hydrogens (tertiary/aromatic N) is 1. The van der Waals surface area contributed by atoms with Crippen molar-refractivity contribution in [2.24, 2.45) is 5.10 Å². The highest BCUT2D eigenvalue weighted by molar-refractivity contribution is 9.10. The number of hydrogen-bond acceptors (Lipinski definition) is 3. The van der Waals surface area contributed by atoms with Crippen molar-refractivity contribution >= 4 is 34.0 Å². The molecule has 0 saturated heterocycles. The van der Waals surface area contributed by atoms with Gasteiger partial charge < -0.3 is 5.32 Å². The van der Waals surface area contributed by atoms with E-state index >= 15 is 0 Å². The Hall–Kier alpha value is -2.47. The number of amides is 2. The van der Waals surface area contributed by atoms with Crippen molar-refractivity contribution in [2.75, 3.05) is 6.54 Å². The molecule has 2 amide bonds. The summed E-state index contributed by atoms with van der Waals surface area (Å²) in [6.07, 6.45) is 1.75. The zero-order valence-corrected chi connectivity index (χ0v) is 16.4. The van der Waals surface area contributed by atoms with Gasteiger partial charge in [-0.05, 0) is 45.1 Å². The van der Waals surface area contributed by atoms with Gasteiger partial charge in [0.05, 0.1) is 11.8 Å². The van der Waals surface area contributed by atoms with Gasteiger partial charge in [0.2, 0.25) is 5.91 Å². The maximum absolute atomic E-state index is 12.0. The summed E-state index contributed by atoms with van der Waals surface area (Å²) in [5, 5.41) is 6.66. The quantitative estimate of drug-likeness (QED) is 0.532. The van der Waals surface area contributed by atoms with Gasteiger partial charge in [-0.25, -0.2) is 5.43 Å². The lowest BCUT2D eigenvalue weighted by molar-refractivity contribution is -0.120. The largest absolute Gasteiger partial charge is 0.351 e. The van der Waals surface area contributed by atoms with E-state index in [-0.39, 0.29) is 24.8 Å². The van der Waals surface area contributed by atoms with Crippen molar-refractivity contribution in [3.63, 3.8) is 0 Å². The lowest BCUT2D eigenvalue weighted by atomic mass is 10.0. The summed E-state index contributed by atoms with van der Waals surface area (Å²) in [6.45, 7) is 4.52. The number of hydrogen-bond donors (Lipinski definition) is 2. The fourth-order valence-electron chi connectivity index (χ4n) is 2.23. The molecule has 0 aliphatic heterocycles. The van der Waals surface area contributed by atoms with Gasteiger partial charge in [0.25, 0.3) is 5.91 Å². The molecule has 6 heteroatoms. The molecule has 0 radical (unpaired) electrons. The molecule has 0 saturated carbocycles. The molecular weight excluding hydrogens is 394 g/mol. The Bertz CT molecular complexity index is 786.